The largest absolute Gasteiger partial charge is 0.344 e. The van der Waals surface area contributed by atoms with E-state index < -0.39 is 35.6 Å². The minimum Gasteiger partial charge on any atom is -0.344 e. The number of nitrogens with one attached hydrogen (secondary N) is 3. The molecule has 1 aromatic heterocycles. The monoisotopic (exact) mass is 701 g/mol. The van der Waals surface area contributed by atoms with Crippen LogP contribution in [0.25, 0.3) is 0 Å². The number of carbonyl (C=O) groups is 4. The van der Waals surface area contributed by atoms with Crippen molar-refractivity contribution in [1.82, 2.24) is 30.2 Å². The van der Waals surface area contributed by atoms with Crippen LogP contribution >= 0.6 is 0 Å². The summed E-state index contributed by atoms with van der Waals surface area (Å²) in [6, 6.07) is 14.5. The molecular formula is C39H52FN7O4. The summed E-state index contributed by atoms with van der Waals surface area (Å²) in [6.07, 6.45) is 5.18. The van der Waals surface area contributed by atoms with E-state index in [4.69, 9.17) is 0 Å². The number of rotatable bonds is 13. The highest BCUT2D eigenvalue weighted by Crippen LogP contribution is 2.32. The summed E-state index contributed by atoms with van der Waals surface area (Å²) >= 11 is 0. The Morgan fingerprint density at radius 3 is 2.27 bits per heavy atom. The van der Waals surface area contributed by atoms with E-state index in [1.165, 1.54) is 17.7 Å². The van der Waals surface area contributed by atoms with Gasteiger partial charge in [0.2, 0.25) is 17.7 Å². The van der Waals surface area contributed by atoms with E-state index in [-0.39, 0.29) is 29.8 Å². The van der Waals surface area contributed by atoms with Crippen LogP contribution in [0.2, 0.25) is 0 Å². The Morgan fingerprint density at radius 2 is 1.63 bits per heavy atom. The molecule has 3 aromatic rings. The first-order chi connectivity index (χ1) is 24.6. The van der Waals surface area contributed by atoms with E-state index in [0.29, 0.717) is 49.9 Å². The van der Waals surface area contributed by atoms with Crippen LogP contribution in [0.4, 0.5) is 10.1 Å². The fourth-order valence-electron chi connectivity index (χ4n) is 7.17. The third-order valence-electron chi connectivity index (χ3n) is 10.5. The number of piperazine rings is 1. The zero-order valence-corrected chi connectivity index (χ0v) is 30.2. The summed E-state index contributed by atoms with van der Waals surface area (Å²) in [7, 11) is 0. The van der Waals surface area contributed by atoms with Crippen molar-refractivity contribution in [2.75, 3.05) is 31.5 Å². The number of aromatic nitrogens is 2. The SMILES string of the molecule is CCC(=O)NC(C(=O)N1CCN(Cc2ccccc2)CC1)C(C)c1ccc(NC(=O)[C@@H](NC(=O)c2ccnn2CC)[C@H]2CC[C@H](C)CC2)c(F)c1. The molecule has 1 aliphatic carbocycles. The molecule has 2 heterocycles. The molecule has 2 aliphatic rings. The van der Waals surface area contributed by atoms with Gasteiger partial charge in [-0.05, 0) is 60.9 Å². The van der Waals surface area contributed by atoms with Crippen LogP contribution in [-0.4, -0.2) is 81.5 Å². The molecule has 0 bridgehead atoms. The van der Waals surface area contributed by atoms with E-state index in [2.05, 4.69) is 45.0 Å². The van der Waals surface area contributed by atoms with Gasteiger partial charge in [0.25, 0.3) is 5.91 Å². The summed E-state index contributed by atoms with van der Waals surface area (Å²) in [4.78, 5) is 57.6. The first-order valence-corrected chi connectivity index (χ1v) is 18.3. The van der Waals surface area contributed by atoms with Crippen molar-refractivity contribution in [3.8, 4) is 0 Å². The van der Waals surface area contributed by atoms with Gasteiger partial charge in [0, 0.05) is 57.8 Å². The van der Waals surface area contributed by atoms with Gasteiger partial charge >= 0.3 is 0 Å². The molecule has 2 fully saturated rings. The molecule has 2 unspecified atom stereocenters. The normalized spacial score (nSPS) is 19.8. The standard InChI is InChI=1S/C39H52FN7O4/c1-5-34(48)43-35(39(51)46-22-20-45(21-23-46)25-28-10-8-7-9-11-28)27(4)30-16-17-32(31(40)24-30)42-38(50)36(29-14-12-26(3)13-15-29)44-37(49)33-18-19-41-47(33)6-2/h7-11,16-19,24,26-27,29,35-36H,5-6,12-15,20-23,25H2,1-4H3,(H,42,50)(H,43,48)(H,44,49)/t26-,27?,29-,35?,36-/m0/s1. The molecule has 51 heavy (non-hydrogen) atoms. The van der Waals surface area contributed by atoms with Crippen LogP contribution in [0.3, 0.4) is 0 Å². The Morgan fingerprint density at radius 1 is 0.922 bits per heavy atom. The Hall–Kier alpha value is -4.58. The number of carbonyl (C=O) groups excluding carboxylic acids is 4. The lowest BCUT2D eigenvalue weighted by atomic mass is 9.79. The average molecular weight is 702 g/mol. The number of nitrogens with zero attached hydrogens (tertiary/aromatic N) is 4. The lowest BCUT2D eigenvalue weighted by molar-refractivity contribution is -0.138. The maximum absolute atomic E-state index is 15.8. The zero-order chi connectivity index (χ0) is 36.5. The van der Waals surface area contributed by atoms with Gasteiger partial charge in [-0.3, -0.25) is 28.8 Å². The minimum atomic E-state index is -0.886. The fourth-order valence-corrected chi connectivity index (χ4v) is 7.17. The molecule has 12 heteroatoms. The Labute approximate surface area is 300 Å². The molecule has 274 valence electrons. The van der Waals surface area contributed by atoms with Crippen LogP contribution < -0.4 is 16.0 Å². The van der Waals surface area contributed by atoms with Crippen LogP contribution in [0, 0.1) is 17.7 Å². The smallest absolute Gasteiger partial charge is 0.270 e. The van der Waals surface area contributed by atoms with Crippen molar-refractivity contribution < 1.29 is 23.6 Å². The lowest BCUT2D eigenvalue weighted by Gasteiger charge is -2.37. The van der Waals surface area contributed by atoms with Crippen LogP contribution in [0.15, 0.2) is 60.8 Å². The number of halogens is 1. The van der Waals surface area contributed by atoms with E-state index in [1.54, 1.807) is 41.8 Å². The molecule has 0 radical (unpaired) electrons. The Bertz CT molecular complexity index is 1650. The Balaban J connectivity index is 1.27. The fraction of sp³-hybridized carbons (Fsp3) is 0.513. The molecule has 3 atom stereocenters. The molecular weight excluding hydrogens is 649 g/mol. The highest BCUT2D eigenvalue weighted by molar-refractivity contribution is 6.00. The quantitative estimate of drug-likeness (QED) is 0.232. The van der Waals surface area contributed by atoms with Gasteiger partial charge in [-0.1, -0.05) is 70.0 Å². The summed E-state index contributed by atoms with van der Waals surface area (Å²) < 4.78 is 17.3. The van der Waals surface area contributed by atoms with Crippen molar-refractivity contribution in [2.24, 2.45) is 11.8 Å². The molecule has 2 aromatic carbocycles. The van der Waals surface area contributed by atoms with Crippen LogP contribution in [0.5, 0.6) is 0 Å². The topological polar surface area (TPSA) is 129 Å². The summed E-state index contributed by atoms with van der Waals surface area (Å²) in [5.74, 6) is -2.13. The van der Waals surface area contributed by atoms with Gasteiger partial charge in [-0.15, -0.1) is 0 Å². The van der Waals surface area contributed by atoms with Gasteiger partial charge in [0.05, 0.1) is 5.69 Å². The first-order valence-electron chi connectivity index (χ1n) is 18.3. The highest BCUT2D eigenvalue weighted by atomic mass is 19.1. The van der Waals surface area contributed by atoms with E-state index in [9.17, 15) is 19.2 Å². The molecule has 1 saturated carbocycles. The molecule has 1 aliphatic heterocycles. The Kier molecular flexibility index (Phi) is 13.0. The number of amides is 4. The van der Waals surface area contributed by atoms with Gasteiger partial charge in [0.15, 0.2) is 0 Å². The summed E-state index contributed by atoms with van der Waals surface area (Å²) in [5.41, 5.74) is 2.07. The van der Waals surface area contributed by atoms with Crippen molar-refractivity contribution in [3.63, 3.8) is 0 Å². The number of hydrogen-bond donors (Lipinski definition) is 3. The first kappa shape index (κ1) is 37.7. The third kappa shape index (κ3) is 9.61. The predicted octanol–water partition coefficient (Wildman–Crippen LogP) is 4.95. The lowest BCUT2D eigenvalue weighted by Crippen LogP contribution is -2.56. The second-order valence-corrected chi connectivity index (χ2v) is 14.0. The van der Waals surface area contributed by atoms with Crippen molar-refractivity contribution in [3.05, 3.63) is 83.4 Å². The number of hydrogen-bond acceptors (Lipinski definition) is 6. The number of anilines is 1. The maximum atomic E-state index is 15.8. The third-order valence-corrected chi connectivity index (χ3v) is 10.5. The van der Waals surface area contributed by atoms with Crippen molar-refractivity contribution in [1.29, 1.82) is 0 Å². The molecule has 1 saturated heterocycles. The predicted molar refractivity (Wildman–Crippen MR) is 194 cm³/mol. The second-order valence-electron chi connectivity index (χ2n) is 14.0. The summed E-state index contributed by atoms with van der Waals surface area (Å²) in [6.45, 7) is 11.3. The number of aryl methyl sites for hydroxylation is 1. The molecule has 5 rings (SSSR count). The molecule has 11 nitrogen and oxygen atoms in total. The van der Waals surface area contributed by atoms with E-state index in [0.717, 1.165) is 32.2 Å². The number of benzene rings is 2. The van der Waals surface area contributed by atoms with Crippen molar-refractivity contribution >= 4 is 29.3 Å². The molecule has 3 N–H and O–H groups in total. The average Bonchev–Trinajstić information content (AvgIpc) is 3.63. The van der Waals surface area contributed by atoms with E-state index in [1.807, 2.05) is 25.1 Å². The van der Waals surface area contributed by atoms with Gasteiger partial charge in [0.1, 0.15) is 23.6 Å². The van der Waals surface area contributed by atoms with Crippen molar-refractivity contribution in [2.45, 2.75) is 90.9 Å². The highest BCUT2D eigenvalue weighted by Gasteiger charge is 2.35. The minimum absolute atomic E-state index is 0.0204. The van der Waals surface area contributed by atoms with Gasteiger partial charge in [-0.2, -0.15) is 5.10 Å². The van der Waals surface area contributed by atoms with Gasteiger partial charge < -0.3 is 20.9 Å². The maximum Gasteiger partial charge on any atom is 0.270 e. The zero-order valence-electron chi connectivity index (χ0n) is 30.2. The molecule has 4 amide bonds. The van der Waals surface area contributed by atoms with Crippen LogP contribution in [0.1, 0.15) is 87.3 Å². The van der Waals surface area contributed by atoms with Crippen LogP contribution in [-0.2, 0) is 27.5 Å². The molecule has 0 spiro atoms. The van der Waals surface area contributed by atoms with Gasteiger partial charge in [-0.25, -0.2) is 4.39 Å². The summed E-state index contributed by atoms with van der Waals surface area (Å²) in [5, 5.41) is 12.7. The van der Waals surface area contributed by atoms with E-state index >= 15 is 4.39 Å². The second kappa shape index (κ2) is 17.6.